The van der Waals surface area contributed by atoms with Crippen molar-refractivity contribution >= 4 is 11.9 Å². The molecule has 0 saturated heterocycles. The maximum atomic E-state index is 8.99. The van der Waals surface area contributed by atoms with E-state index in [4.69, 9.17) is 9.84 Å². The van der Waals surface area contributed by atoms with Crippen molar-refractivity contribution in [2.24, 2.45) is 5.92 Å². The predicted octanol–water partition coefficient (Wildman–Crippen LogP) is 1.52. The van der Waals surface area contributed by atoms with E-state index in [-0.39, 0.29) is 12.6 Å². The Kier molecular flexibility index (Phi) is 7.64. The zero-order valence-electron chi connectivity index (χ0n) is 12.5. The van der Waals surface area contributed by atoms with Gasteiger partial charge in [0.15, 0.2) is 0 Å². The quantitative estimate of drug-likeness (QED) is 0.599. The standard InChI is InChI=1S/C13H25N5O2/c1-4-7-14-11-16-12(18-13(17-11)20-3)15-9-10(5-2)6-8-19/h10,19H,4-9H2,1-3H3,(H2,14,15,16,17,18). The second-order valence-corrected chi connectivity index (χ2v) is 4.56. The first-order valence-electron chi connectivity index (χ1n) is 7.12. The van der Waals surface area contributed by atoms with Crippen molar-refractivity contribution < 1.29 is 9.84 Å². The van der Waals surface area contributed by atoms with Crippen molar-refractivity contribution in [3.05, 3.63) is 0 Å². The number of rotatable bonds is 10. The zero-order valence-corrected chi connectivity index (χ0v) is 12.5. The summed E-state index contributed by atoms with van der Waals surface area (Å²) >= 11 is 0. The van der Waals surface area contributed by atoms with Gasteiger partial charge >= 0.3 is 6.01 Å². The maximum Gasteiger partial charge on any atom is 0.322 e. The lowest BCUT2D eigenvalue weighted by molar-refractivity contribution is 0.258. The van der Waals surface area contributed by atoms with Crippen LogP contribution in [-0.4, -0.2) is 46.9 Å². The Morgan fingerprint density at radius 3 is 2.40 bits per heavy atom. The molecule has 1 rings (SSSR count). The van der Waals surface area contributed by atoms with Crippen LogP contribution in [-0.2, 0) is 0 Å². The summed E-state index contributed by atoms with van der Waals surface area (Å²) in [4.78, 5) is 12.6. The van der Waals surface area contributed by atoms with E-state index >= 15 is 0 Å². The van der Waals surface area contributed by atoms with E-state index in [9.17, 15) is 0 Å². The summed E-state index contributed by atoms with van der Waals surface area (Å²) in [6, 6.07) is 0.288. The van der Waals surface area contributed by atoms with Crippen LogP contribution in [0, 0.1) is 5.92 Å². The second-order valence-electron chi connectivity index (χ2n) is 4.56. The molecule has 1 atom stereocenters. The third-order valence-electron chi connectivity index (χ3n) is 2.99. The van der Waals surface area contributed by atoms with Crippen LogP contribution in [0.5, 0.6) is 6.01 Å². The predicted molar refractivity (Wildman–Crippen MR) is 79.1 cm³/mol. The lowest BCUT2D eigenvalue weighted by Crippen LogP contribution is -2.17. The SMILES string of the molecule is CCCNc1nc(NCC(CC)CCO)nc(OC)n1. The molecule has 0 radical (unpaired) electrons. The summed E-state index contributed by atoms with van der Waals surface area (Å²) < 4.78 is 5.07. The molecule has 0 fully saturated rings. The normalized spacial score (nSPS) is 12.0. The van der Waals surface area contributed by atoms with Crippen LogP contribution < -0.4 is 15.4 Å². The minimum atomic E-state index is 0.198. The summed E-state index contributed by atoms with van der Waals surface area (Å²) in [5.74, 6) is 1.40. The Morgan fingerprint density at radius 1 is 1.15 bits per heavy atom. The van der Waals surface area contributed by atoms with E-state index in [1.807, 2.05) is 0 Å². The van der Waals surface area contributed by atoms with Gasteiger partial charge in [-0.15, -0.1) is 0 Å². The number of anilines is 2. The van der Waals surface area contributed by atoms with Crippen molar-refractivity contribution in [3.63, 3.8) is 0 Å². The van der Waals surface area contributed by atoms with Gasteiger partial charge in [0, 0.05) is 19.7 Å². The fraction of sp³-hybridized carbons (Fsp3) is 0.769. The van der Waals surface area contributed by atoms with Crippen LogP contribution in [0.1, 0.15) is 33.1 Å². The third kappa shape index (κ3) is 5.56. The molecule has 1 aromatic heterocycles. The van der Waals surface area contributed by atoms with Gasteiger partial charge in [-0.1, -0.05) is 20.3 Å². The first-order chi connectivity index (χ1) is 9.73. The number of aromatic nitrogens is 3. The smallest absolute Gasteiger partial charge is 0.322 e. The van der Waals surface area contributed by atoms with Gasteiger partial charge in [0.05, 0.1) is 7.11 Å². The van der Waals surface area contributed by atoms with Crippen LogP contribution in [0.25, 0.3) is 0 Å². The molecule has 1 heterocycles. The molecule has 0 aliphatic heterocycles. The topological polar surface area (TPSA) is 92.2 Å². The maximum absolute atomic E-state index is 8.99. The lowest BCUT2D eigenvalue weighted by atomic mass is 10.0. The van der Waals surface area contributed by atoms with Crippen molar-refractivity contribution in [1.29, 1.82) is 0 Å². The van der Waals surface area contributed by atoms with E-state index < -0.39 is 0 Å². The van der Waals surface area contributed by atoms with Crippen molar-refractivity contribution in [1.82, 2.24) is 15.0 Å². The van der Waals surface area contributed by atoms with Gasteiger partial charge in [-0.3, -0.25) is 0 Å². The Labute approximate surface area is 120 Å². The highest BCUT2D eigenvalue weighted by atomic mass is 16.5. The highest BCUT2D eigenvalue weighted by molar-refractivity contribution is 5.35. The zero-order chi connectivity index (χ0) is 14.8. The van der Waals surface area contributed by atoms with E-state index in [0.29, 0.717) is 17.8 Å². The Morgan fingerprint density at radius 2 is 1.85 bits per heavy atom. The molecule has 1 aromatic rings. The number of aliphatic hydroxyl groups excluding tert-OH is 1. The fourth-order valence-corrected chi connectivity index (χ4v) is 1.71. The minimum absolute atomic E-state index is 0.198. The third-order valence-corrected chi connectivity index (χ3v) is 2.99. The first-order valence-corrected chi connectivity index (χ1v) is 7.12. The molecule has 114 valence electrons. The largest absolute Gasteiger partial charge is 0.467 e. The number of hydrogen-bond acceptors (Lipinski definition) is 7. The van der Waals surface area contributed by atoms with Crippen LogP contribution >= 0.6 is 0 Å². The highest BCUT2D eigenvalue weighted by Crippen LogP contribution is 2.13. The molecule has 20 heavy (non-hydrogen) atoms. The lowest BCUT2D eigenvalue weighted by Gasteiger charge is -2.15. The average Bonchev–Trinajstić information content (AvgIpc) is 2.49. The Balaban J connectivity index is 2.67. The van der Waals surface area contributed by atoms with Crippen molar-refractivity contribution in [2.45, 2.75) is 33.1 Å². The number of nitrogens with one attached hydrogen (secondary N) is 2. The molecule has 3 N–H and O–H groups in total. The summed E-state index contributed by atoms with van der Waals surface area (Å²) in [7, 11) is 1.53. The van der Waals surface area contributed by atoms with Gasteiger partial charge in [-0.2, -0.15) is 15.0 Å². The van der Waals surface area contributed by atoms with Crippen LogP contribution in [0.4, 0.5) is 11.9 Å². The number of hydrogen-bond donors (Lipinski definition) is 3. The fourth-order valence-electron chi connectivity index (χ4n) is 1.71. The highest BCUT2D eigenvalue weighted by Gasteiger charge is 2.09. The van der Waals surface area contributed by atoms with E-state index in [1.165, 1.54) is 7.11 Å². The molecular formula is C13H25N5O2. The summed E-state index contributed by atoms with van der Waals surface area (Å²) in [6.45, 7) is 5.89. The average molecular weight is 283 g/mol. The van der Waals surface area contributed by atoms with Crippen molar-refractivity contribution in [3.8, 4) is 6.01 Å². The Bertz CT molecular complexity index is 389. The molecule has 0 aromatic carbocycles. The van der Waals surface area contributed by atoms with Crippen LogP contribution in [0.2, 0.25) is 0 Å². The first kappa shape index (κ1) is 16.4. The van der Waals surface area contributed by atoms with Gasteiger partial charge in [-0.05, 0) is 18.8 Å². The number of ether oxygens (including phenoxy) is 1. The molecule has 0 amide bonds. The van der Waals surface area contributed by atoms with Gasteiger partial charge in [0.2, 0.25) is 11.9 Å². The molecule has 0 bridgehead atoms. The molecule has 1 unspecified atom stereocenters. The van der Waals surface area contributed by atoms with Gasteiger partial charge in [0.25, 0.3) is 0 Å². The molecule has 7 heteroatoms. The number of methoxy groups -OCH3 is 1. The van der Waals surface area contributed by atoms with Crippen molar-refractivity contribution in [2.75, 3.05) is 37.4 Å². The summed E-state index contributed by atoms with van der Waals surface area (Å²) in [5.41, 5.74) is 0. The van der Waals surface area contributed by atoms with Gasteiger partial charge in [0.1, 0.15) is 0 Å². The minimum Gasteiger partial charge on any atom is -0.467 e. The van der Waals surface area contributed by atoms with E-state index in [0.717, 1.165) is 32.4 Å². The summed E-state index contributed by atoms with van der Waals surface area (Å²) in [6.07, 6.45) is 2.76. The number of nitrogens with zero attached hydrogens (tertiary/aromatic N) is 3. The van der Waals surface area contributed by atoms with E-state index in [2.05, 4.69) is 39.4 Å². The molecule has 0 aliphatic carbocycles. The second kappa shape index (κ2) is 9.30. The van der Waals surface area contributed by atoms with Crippen LogP contribution in [0.15, 0.2) is 0 Å². The molecule has 0 saturated carbocycles. The molecule has 7 nitrogen and oxygen atoms in total. The monoisotopic (exact) mass is 283 g/mol. The molecule has 0 spiro atoms. The number of aliphatic hydroxyl groups is 1. The molecule has 0 aliphatic rings. The Hall–Kier alpha value is -1.63. The van der Waals surface area contributed by atoms with Gasteiger partial charge in [-0.25, -0.2) is 0 Å². The van der Waals surface area contributed by atoms with Gasteiger partial charge < -0.3 is 20.5 Å². The van der Waals surface area contributed by atoms with E-state index in [1.54, 1.807) is 0 Å². The summed E-state index contributed by atoms with van der Waals surface area (Å²) in [5, 5.41) is 15.3. The molecular weight excluding hydrogens is 258 g/mol. The van der Waals surface area contributed by atoms with Crippen LogP contribution in [0.3, 0.4) is 0 Å².